The van der Waals surface area contributed by atoms with Crippen LogP contribution in [0.5, 0.6) is 0 Å². The van der Waals surface area contributed by atoms with Crippen molar-refractivity contribution in [2.45, 2.75) is 128 Å². The molecule has 1 saturated heterocycles. The van der Waals surface area contributed by atoms with Crippen LogP contribution in [0, 0.1) is 16.7 Å². The Morgan fingerprint density at radius 1 is 0.772 bits per heavy atom. The predicted octanol–water partition coefficient (Wildman–Crippen LogP) is 4.46. The van der Waals surface area contributed by atoms with Gasteiger partial charge in [-0.05, 0) is 78.9 Å². The monoisotopic (exact) mass is 1090 g/mol. The number of amides is 2. The molecule has 0 aromatic heterocycles. The molecule has 4 aromatic carbocycles. The maximum absolute atomic E-state index is 15.8. The molecule has 4 aliphatic rings. The number of carbonyl (C=O) groups is 9. The van der Waals surface area contributed by atoms with Crippen molar-refractivity contribution in [1.82, 2.24) is 5.32 Å². The number of ether oxygens (including phenoxy) is 6. The van der Waals surface area contributed by atoms with Crippen molar-refractivity contribution in [3.05, 3.63) is 149 Å². The molecule has 0 spiro atoms. The van der Waals surface area contributed by atoms with Crippen molar-refractivity contribution in [2.75, 3.05) is 11.9 Å². The van der Waals surface area contributed by atoms with Crippen LogP contribution in [0.4, 0.5) is 5.69 Å². The van der Waals surface area contributed by atoms with Crippen LogP contribution in [0.15, 0.2) is 126 Å². The number of aliphatic hydroxyl groups is 2. The summed E-state index contributed by atoms with van der Waals surface area (Å²) in [6.07, 6.45) is -12.0. The molecule has 416 valence electrons. The van der Waals surface area contributed by atoms with Crippen LogP contribution < -0.4 is 15.7 Å². The van der Waals surface area contributed by atoms with Crippen molar-refractivity contribution in [1.29, 1.82) is 0 Å². The van der Waals surface area contributed by atoms with Gasteiger partial charge in [-0.1, -0.05) is 92.7 Å². The molecular formula is C59H61N2O18-. The molecule has 0 unspecified atom stereocenters. The van der Waals surface area contributed by atoms with Crippen LogP contribution in [0.1, 0.15) is 116 Å². The molecule has 1 aliphatic heterocycles. The molecule has 4 aromatic rings. The summed E-state index contributed by atoms with van der Waals surface area (Å²) in [5, 5.41) is 42.9. The van der Waals surface area contributed by atoms with Crippen LogP contribution in [-0.2, 0) is 57.2 Å². The number of benzene rings is 4. The number of aromatic carboxylic acids is 1. The third-order valence-electron chi connectivity index (χ3n) is 15.9. The number of fused-ring (bicyclic) bond motifs is 5. The molecule has 4 N–H and O–H groups in total. The van der Waals surface area contributed by atoms with E-state index in [1.807, 2.05) is 0 Å². The predicted molar refractivity (Wildman–Crippen MR) is 275 cm³/mol. The second-order valence-corrected chi connectivity index (χ2v) is 21.1. The SMILES string of the molecule is CC(=O)O[C@H]1C(=O)[C@@]2(C)[C@H]([C@H](OC(=O)c3ccccc3)[C@]3(O)C[C@H](OC(=O)[C@H](OC(=O)CCCC(=O)Nc4ccc(C(=O)[O-])cc4)[C@@H](NC(=O)c4ccccc4)c4ccccc4)C(C)=C1C3(C)C)[C@]1(OC(C)=O)CO[C@@H]1C[C@@H]2O. The Kier molecular flexibility index (Phi) is 16.4. The number of hydrogen-bond donors (Lipinski definition) is 4. The third kappa shape index (κ3) is 11.0. The molecule has 20 nitrogen and oxygen atoms in total. The lowest BCUT2D eigenvalue weighted by molar-refractivity contribution is -0.346. The summed E-state index contributed by atoms with van der Waals surface area (Å²) < 4.78 is 36.8. The molecule has 11 atom stereocenters. The highest BCUT2D eigenvalue weighted by molar-refractivity contribution is 5.97. The number of carbonyl (C=O) groups excluding carboxylic acids is 9. The van der Waals surface area contributed by atoms with E-state index in [2.05, 4.69) is 10.6 Å². The first-order valence-corrected chi connectivity index (χ1v) is 25.7. The Morgan fingerprint density at radius 2 is 1.38 bits per heavy atom. The van der Waals surface area contributed by atoms with E-state index < -0.39 is 137 Å². The number of ketones is 1. The largest absolute Gasteiger partial charge is 0.545 e. The standard InChI is InChI=1S/C59H62N2O18/c1-32-40(76-55(72)48(46(35-17-10-7-11-18-35)61-52(68)36-19-12-8-13-20-36)77-44(66)24-16-23-43(65)60-39-27-25-37(26-28-39)53(69)70)30-59(73)51(78-54(71)38-21-14-9-15-22-38)49-57(6,41(64)29-42-58(49,31-74-42)79-34(3)63)50(67)47(75-33(2)62)45(32)56(59,4)5/h7-15,17-22,25-28,40-42,46-49,51,64,73H,16,23-24,29-31H2,1-6H3,(H,60,65)(H,61,68)(H,69,70)/p-1/t40-,41-,42+,46-,47+,48+,49-,51-,57+,58-,59+/m0/s1. The van der Waals surface area contributed by atoms with Gasteiger partial charge in [0.1, 0.15) is 30.0 Å². The number of hydrogen-bond acceptors (Lipinski definition) is 18. The van der Waals surface area contributed by atoms with E-state index in [0.29, 0.717) is 0 Å². The van der Waals surface area contributed by atoms with Gasteiger partial charge in [-0.15, -0.1) is 0 Å². The quantitative estimate of drug-likeness (QED) is 0.0645. The second-order valence-electron chi connectivity index (χ2n) is 21.1. The molecule has 20 heteroatoms. The first-order chi connectivity index (χ1) is 37.4. The number of Topliss-reactive ketones (excluding diaryl/α,β-unsaturated/α-hetero) is 1. The fourth-order valence-corrected chi connectivity index (χ4v) is 11.8. The summed E-state index contributed by atoms with van der Waals surface area (Å²) in [6.45, 7) is 7.69. The molecule has 2 saturated carbocycles. The average Bonchev–Trinajstić information content (AvgIpc) is 3.39. The maximum Gasteiger partial charge on any atom is 0.350 e. The lowest BCUT2D eigenvalue weighted by Crippen LogP contribution is -2.82. The highest BCUT2D eigenvalue weighted by atomic mass is 16.6. The lowest BCUT2D eigenvalue weighted by atomic mass is 9.44. The van der Waals surface area contributed by atoms with E-state index in [4.69, 9.17) is 28.4 Å². The van der Waals surface area contributed by atoms with Crippen molar-refractivity contribution in [2.24, 2.45) is 16.7 Å². The maximum atomic E-state index is 15.8. The minimum Gasteiger partial charge on any atom is -0.545 e. The zero-order valence-electron chi connectivity index (χ0n) is 44.3. The second kappa shape index (κ2) is 22.7. The normalized spacial score (nSPS) is 27.3. The summed E-state index contributed by atoms with van der Waals surface area (Å²) in [6, 6.07) is 27.4. The lowest BCUT2D eigenvalue weighted by Gasteiger charge is -2.67. The fourth-order valence-electron chi connectivity index (χ4n) is 11.8. The van der Waals surface area contributed by atoms with Crippen LogP contribution in [0.25, 0.3) is 0 Å². The number of anilines is 1. The summed E-state index contributed by atoms with van der Waals surface area (Å²) in [5.74, 6) is -10.3. The van der Waals surface area contributed by atoms with Crippen LogP contribution >= 0.6 is 0 Å². The first-order valence-electron chi connectivity index (χ1n) is 25.7. The van der Waals surface area contributed by atoms with Gasteiger partial charge in [-0.25, -0.2) is 9.59 Å². The van der Waals surface area contributed by atoms with Crippen molar-refractivity contribution in [3.63, 3.8) is 0 Å². The zero-order chi connectivity index (χ0) is 57.2. The van der Waals surface area contributed by atoms with Crippen LogP contribution in [-0.4, -0.2) is 118 Å². The minimum absolute atomic E-state index is 0.0156. The van der Waals surface area contributed by atoms with Crippen LogP contribution in [0.2, 0.25) is 0 Å². The molecule has 3 fully saturated rings. The Labute approximate surface area is 454 Å². The number of carboxylic acid groups (broad SMARTS) is 1. The van der Waals surface area contributed by atoms with Gasteiger partial charge in [0.15, 0.2) is 17.5 Å². The number of rotatable bonds is 17. The van der Waals surface area contributed by atoms with E-state index in [-0.39, 0.29) is 65.0 Å². The number of nitrogens with one attached hydrogen (secondary N) is 2. The summed E-state index contributed by atoms with van der Waals surface area (Å²) in [7, 11) is 0. The molecule has 79 heavy (non-hydrogen) atoms. The van der Waals surface area contributed by atoms with Crippen molar-refractivity contribution in [3.8, 4) is 0 Å². The highest BCUT2D eigenvalue weighted by Crippen LogP contribution is 2.64. The van der Waals surface area contributed by atoms with Crippen molar-refractivity contribution >= 4 is 59.1 Å². The van der Waals surface area contributed by atoms with Crippen molar-refractivity contribution < 1.29 is 86.9 Å². The topological polar surface area (TPSA) is 297 Å². The average molecular weight is 1090 g/mol. The Hall–Kier alpha value is -8.07. The van der Waals surface area contributed by atoms with Gasteiger partial charge in [0.05, 0.1) is 35.6 Å². The molecular weight excluding hydrogens is 1020 g/mol. The van der Waals surface area contributed by atoms with E-state index in [9.17, 15) is 48.9 Å². The van der Waals surface area contributed by atoms with Gasteiger partial charge in [-0.2, -0.15) is 0 Å². The molecule has 2 amide bonds. The summed E-state index contributed by atoms with van der Waals surface area (Å²) in [4.78, 5) is 124. The van der Waals surface area contributed by atoms with Gasteiger partial charge >= 0.3 is 29.8 Å². The summed E-state index contributed by atoms with van der Waals surface area (Å²) in [5.41, 5.74) is -7.67. The molecule has 1 heterocycles. The van der Waals surface area contributed by atoms with Gasteiger partial charge < -0.3 is 59.2 Å². The molecule has 8 rings (SSSR count). The Bertz CT molecular complexity index is 3060. The first kappa shape index (κ1) is 57.1. The Balaban J connectivity index is 1.22. The number of aliphatic hydroxyl groups excluding tert-OH is 1. The highest BCUT2D eigenvalue weighted by Gasteiger charge is 2.78. The van der Waals surface area contributed by atoms with E-state index in [0.717, 1.165) is 13.8 Å². The molecule has 3 aliphatic carbocycles. The Morgan fingerprint density at radius 3 is 1.95 bits per heavy atom. The minimum atomic E-state index is -2.52. The van der Waals surface area contributed by atoms with E-state index >= 15 is 9.59 Å². The fraction of sp³-hybridized carbons (Fsp3) is 0.407. The molecule has 0 radical (unpaired) electrons. The molecule has 2 bridgehead atoms. The number of esters is 5. The van der Waals surface area contributed by atoms with E-state index in [1.165, 1.54) is 76.2 Å². The summed E-state index contributed by atoms with van der Waals surface area (Å²) >= 11 is 0. The van der Waals surface area contributed by atoms with Gasteiger partial charge in [0.25, 0.3) is 5.91 Å². The zero-order valence-corrected chi connectivity index (χ0v) is 44.3. The van der Waals surface area contributed by atoms with Crippen LogP contribution in [0.3, 0.4) is 0 Å². The van der Waals surface area contributed by atoms with Gasteiger partial charge in [-0.3, -0.25) is 28.8 Å². The van der Waals surface area contributed by atoms with Gasteiger partial charge in [0, 0.05) is 56.2 Å². The third-order valence-corrected chi connectivity index (χ3v) is 15.9. The van der Waals surface area contributed by atoms with E-state index in [1.54, 1.807) is 66.7 Å². The smallest absolute Gasteiger partial charge is 0.350 e. The van der Waals surface area contributed by atoms with Gasteiger partial charge in [0.2, 0.25) is 12.0 Å². The number of carboxylic acids is 1.